The summed E-state index contributed by atoms with van der Waals surface area (Å²) < 4.78 is 1.85. The van der Waals surface area contributed by atoms with Gasteiger partial charge in [0.1, 0.15) is 0 Å². The zero-order valence-electron chi connectivity index (χ0n) is 11.6. The van der Waals surface area contributed by atoms with E-state index < -0.39 is 10.8 Å². The van der Waals surface area contributed by atoms with E-state index in [1.165, 1.54) is 12.1 Å². The first-order chi connectivity index (χ1) is 9.95. The van der Waals surface area contributed by atoms with E-state index in [9.17, 15) is 14.9 Å². The quantitative estimate of drug-likeness (QED) is 0.520. The van der Waals surface area contributed by atoms with Crippen molar-refractivity contribution in [1.82, 2.24) is 4.57 Å². The zero-order valence-corrected chi connectivity index (χ0v) is 11.6. The Morgan fingerprint density at radius 2 is 2.19 bits per heavy atom. The number of rotatable bonds is 5. The number of carbonyl (C=O) groups excluding carboxylic acids is 1. The molecule has 6 heteroatoms. The zero-order chi connectivity index (χ0) is 15.6. The summed E-state index contributed by atoms with van der Waals surface area (Å²) >= 11 is 0. The topological polar surface area (TPSA) is 91.2 Å². The number of nitrogens with zero attached hydrogens (tertiary/aromatic N) is 2. The molecule has 1 amide bonds. The largest absolute Gasteiger partial charge is 0.366 e. The Morgan fingerprint density at radius 3 is 2.76 bits per heavy atom. The lowest BCUT2D eigenvalue weighted by molar-refractivity contribution is -0.384. The molecule has 1 aromatic heterocycles. The highest BCUT2D eigenvalue weighted by molar-refractivity contribution is 5.95. The molecule has 0 saturated heterocycles. The van der Waals surface area contributed by atoms with Gasteiger partial charge < -0.3 is 10.3 Å². The van der Waals surface area contributed by atoms with Crippen LogP contribution in [0.3, 0.4) is 0 Å². The van der Waals surface area contributed by atoms with Crippen molar-refractivity contribution in [3.63, 3.8) is 0 Å². The van der Waals surface area contributed by atoms with Gasteiger partial charge >= 0.3 is 0 Å². The third-order valence-corrected chi connectivity index (χ3v) is 3.30. The molecule has 6 nitrogen and oxygen atoms in total. The molecule has 0 aliphatic carbocycles. The van der Waals surface area contributed by atoms with Gasteiger partial charge in [-0.05, 0) is 13.0 Å². The number of primary amides is 1. The van der Waals surface area contributed by atoms with Crippen molar-refractivity contribution >= 4 is 11.6 Å². The van der Waals surface area contributed by atoms with Crippen LogP contribution in [0.25, 0.3) is 11.3 Å². The van der Waals surface area contributed by atoms with Crippen LogP contribution in [0.5, 0.6) is 0 Å². The molecule has 0 aliphatic heterocycles. The Morgan fingerprint density at radius 1 is 1.48 bits per heavy atom. The van der Waals surface area contributed by atoms with E-state index in [2.05, 4.69) is 6.58 Å². The molecule has 2 rings (SSSR count). The second-order valence-electron chi connectivity index (χ2n) is 4.60. The highest BCUT2D eigenvalue weighted by atomic mass is 16.6. The molecular weight excluding hydrogens is 270 g/mol. The third-order valence-electron chi connectivity index (χ3n) is 3.30. The number of hydrogen-bond acceptors (Lipinski definition) is 3. The van der Waals surface area contributed by atoms with Crippen LogP contribution in [0.1, 0.15) is 16.1 Å². The highest BCUT2D eigenvalue weighted by Gasteiger charge is 2.17. The number of hydrogen-bond donors (Lipinski definition) is 1. The van der Waals surface area contributed by atoms with Crippen molar-refractivity contribution in [2.75, 3.05) is 0 Å². The maximum absolute atomic E-state index is 11.5. The molecule has 0 radical (unpaired) electrons. The maximum atomic E-state index is 11.5. The molecule has 108 valence electrons. The van der Waals surface area contributed by atoms with Crippen molar-refractivity contribution in [2.24, 2.45) is 5.73 Å². The lowest BCUT2D eigenvalue weighted by Gasteiger charge is -2.09. The van der Waals surface area contributed by atoms with Crippen molar-refractivity contribution in [1.29, 1.82) is 0 Å². The molecule has 0 bridgehead atoms. The molecule has 0 saturated carbocycles. The molecule has 21 heavy (non-hydrogen) atoms. The number of amides is 1. The van der Waals surface area contributed by atoms with Crippen molar-refractivity contribution in [3.05, 3.63) is 64.4 Å². The van der Waals surface area contributed by atoms with Crippen LogP contribution in [0.2, 0.25) is 0 Å². The predicted molar refractivity (Wildman–Crippen MR) is 80.0 cm³/mol. The van der Waals surface area contributed by atoms with E-state index in [0.29, 0.717) is 29.1 Å². The van der Waals surface area contributed by atoms with Crippen molar-refractivity contribution in [3.8, 4) is 11.3 Å². The van der Waals surface area contributed by atoms with Crippen LogP contribution in [0.4, 0.5) is 5.69 Å². The van der Waals surface area contributed by atoms with Crippen LogP contribution in [-0.2, 0) is 6.54 Å². The molecule has 0 spiro atoms. The van der Waals surface area contributed by atoms with Crippen LogP contribution < -0.4 is 5.73 Å². The van der Waals surface area contributed by atoms with E-state index in [-0.39, 0.29) is 5.69 Å². The lowest BCUT2D eigenvalue weighted by atomic mass is 10.1. The molecule has 1 heterocycles. The summed E-state index contributed by atoms with van der Waals surface area (Å²) in [6, 6.07) is 7.91. The van der Waals surface area contributed by atoms with Crippen molar-refractivity contribution < 1.29 is 9.72 Å². The van der Waals surface area contributed by atoms with Crippen molar-refractivity contribution in [2.45, 2.75) is 13.5 Å². The Balaban J connectivity index is 2.64. The summed E-state index contributed by atoms with van der Waals surface area (Å²) in [6.07, 6.45) is 1.69. The molecule has 0 atom stereocenters. The van der Waals surface area contributed by atoms with Crippen LogP contribution in [0.15, 0.2) is 43.0 Å². The summed E-state index contributed by atoms with van der Waals surface area (Å²) in [5, 5.41) is 10.9. The third kappa shape index (κ3) is 2.69. The normalized spacial score (nSPS) is 10.3. The fraction of sp³-hybridized carbons (Fsp3) is 0.133. The SMILES string of the molecule is C=CCn1c(-c2cccc([N+](=O)[O-])c2)cc(C(N)=O)c1C. The van der Waals surface area contributed by atoms with Crippen LogP contribution >= 0.6 is 0 Å². The molecule has 2 N–H and O–H groups in total. The van der Waals surface area contributed by atoms with Gasteiger partial charge in [0, 0.05) is 35.6 Å². The number of non-ortho nitro benzene ring substituents is 1. The van der Waals surface area contributed by atoms with Gasteiger partial charge in [-0.2, -0.15) is 0 Å². The fourth-order valence-corrected chi connectivity index (χ4v) is 2.28. The first-order valence-corrected chi connectivity index (χ1v) is 6.31. The molecule has 0 aliphatic rings. The Bertz CT molecular complexity index is 732. The Hall–Kier alpha value is -2.89. The van der Waals surface area contributed by atoms with E-state index in [0.717, 1.165) is 0 Å². The average Bonchev–Trinajstić information content (AvgIpc) is 2.77. The summed E-state index contributed by atoms with van der Waals surface area (Å²) in [5.74, 6) is -0.526. The average molecular weight is 285 g/mol. The number of nitro benzene ring substituents is 1. The Kier molecular flexibility index (Phi) is 3.89. The van der Waals surface area contributed by atoms with E-state index in [4.69, 9.17) is 5.73 Å². The van der Waals surface area contributed by atoms with Gasteiger partial charge in [-0.25, -0.2) is 0 Å². The molecule has 0 fully saturated rings. The number of carbonyl (C=O) groups is 1. The number of benzene rings is 1. The van der Waals surface area contributed by atoms with Gasteiger partial charge in [-0.3, -0.25) is 14.9 Å². The number of nitrogens with two attached hydrogens (primary N) is 1. The highest BCUT2D eigenvalue weighted by Crippen LogP contribution is 2.28. The molecule has 1 aromatic carbocycles. The standard InChI is InChI=1S/C15H15N3O3/c1-3-7-17-10(2)13(15(16)19)9-14(17)11-5-4-6-12(8-11)18(20)21/h3-6,8-9H,1,7H2,2H3,(H2,16,19). The second kappa shape index (κ2) is 5.62. The number of aromatic nitrogens is 1. The van der Waals surface area contributed by atoms with Crippen LogP contribution in [0, 0.1) is 17.0 Å². The van der Waals surface area contributed by atoms with Gasteiger partial charge in [-0.1, -0.05) is 18.2 Å². The smallest absolute Gasteiger partial charge is 0.270 e. The molecular formula is C15H15N3O3. The van der Waals surface area contributed by atoms with Gasteiger partial charge in [0.05, 0.1) is 10.5 Å². The minimum atomic E-state index is -0.526. The monoisotopic (exact) mass is 285 g/mol. The summed E-state index contributed by atoms with van der Waals surface area (Å²) in [5.41, 5.74) is 7.83. The van der Waals surface area contributed by atoms with Crippen LogP contribution in [-0.4, -0.2) is 15.4 Å². The van der Waals surface area contributed by atoms with E-state index >= 15 is 0 Å². The number of nitro groups is 1. The number of allylic oxidation sites excluding steroid dienone is 1. The Labute approximate surface area is 121 Å². The predicted octanol–water partition coefficient (Wildman–Crippen LogP) is 2.66. The van der Waals surface area contributed by atoms with E-state index in [1.807, 2.05) is 4.57 Å². The molecule has 2 aromatic rings. The maximum Gasteiger partial charge on any atom is 0.270 e. The lowest BCUT2D eigenvalue weighted by Crippen LogP contribution is -2.12. The molecule has 0 unspecified atom stereocenters. The minimum absolute atomic E-state index is 0.00266. The van der Waals surface area contributed by atoms with Gasteiger partial charge in [0.25, 0.3) is 11.6 Å². The minimum Gasteiger partial charge on any atom is -0.366 e. The first kappa shape index (κ1) is 14.5. The van der Waals surface area contributed by atoms with E-state index in [1.54, 1.807) is 31.2 Å². The van der Waals surface area contributed by atoms with Gasteiger partial charge in [0.15, 0.2) is 0 Å². The summed E-state index contributed by atoms with van der Waals surface area (Å²) in [4.78, 5) is 21.9. The first-order valence-electron chi connectivity index (χ1n) is 6.31. The van der Waals surface area contributed by atoms with Gasteiger partial charge in [0.2, 0.25) is 0 Å². The summed E-state index contributed by atoms with van der Waals surface area (Å²) in [6.45, 7) is 5.95. The van der Waals surface area contributed by atoms with Gasteiger partial charge in [-0.15, -0.1) is 6.58 Å². The fourth-order valence-electron chi connectivity index (χ4n) is 2.28. The summed E-state index contributed by atoms with van der Waals surface area (Å²) in [7, 11) is 0. The second-order valence-corrected chi connectivity index (χ2v) is 4.60.